The molecule has 0 spiro atoms. The van der Waals surface area contributed by atoms with Gasteiger partial charge in [0.05, 0.1) is 6.07 Å². The van der Waals surface area contributed by atoms with Gasteiger partial charge in [-0.15, -0.1) is 11.8 Å². The highest BCUT2D eigenvalue weighted by Gasteiger charge is 2.25. The summed E-state index contributed by atoms with van der Waals surface area (Å²) < 4.78 is 1.000. The van der Waals surface area contributed by atoms with Gasteiger partial charge in [-0.25, -0.2) is 4.98 Å². The maximum Gasteiger partial charge on any atom is 0.110 e. The second-order valence-electron chi connectivity index (χ2n) is 4.12. The molecular formula is C12H16BrN3S. The SMILES string of the molecule is CNC(C)(C#N)CC(C)Sc1ncccc1Br. The molecule has 0 bridgehead atoms. The van der Waals surface area contributed by atoms with Gasteiger partial charge in [-0.2, -0.15) is 5.26 Å². The molecule has 3 nitrogen and oxygen atoms in total. The lowest BCUT2D eigenvalue weighted by Crippen LogP contribution is -2.40. The highest BCUT2D eigenvalue weighted by Crippen LogP contribution is 2.31. The highest BCUT2D eigenvalue weighted by molar-refractivity contribution is 9.10. The van der Waals surface area contributed by atoms with E-state index in [1.54, 1.807) is 18.0 Å². The first-order valence-corrected chi connectivity index (χ1v) is 7.05. The summed E-state index contributed by atoms with van der Waals surface area (Å²) in [6.07, 6.45) is 2.55. The van der Waals surface area contributed by atoms with E-state index in [0.29, 0.717) is 5.25 Å². The fraction of sp³-hybridized carbons (Fsp3) is 0.500. The van der Waals surface area contributed by atoms with Crippen LogP contribution in [0.15, 0.2) is 27.8 Å². The van der Waals surface area contributed by atoms with E-state index in [1.165, 1.54) is 0 Å². The van der Waals surface area contributed by atoms with Gasteiger partial charge in [0.2, 0.25) is 0 Å². The Labute approximate surface area is 115 Å². The van der Waals surface area contributed by atoms with Crippen LogP contribution in [0.5, 0.6) is 0 Å². The summed E-state index contributed by atoms with van der Waals surface area (Å²) in [5, 5.41) is 13.4. The van der Waals surface area contributed by atoms with Crippen LogP contribution in [0, 0.1) is 11.3 Å². The number of aromatic nitrogens is 1. The minimum atomic E-state index is -0.478. The molecule has 0 aromatic carbocycles. The number of nitrogens with one attached hydrogen (secondary N) is 1. The Kier molecular flexibility index (Phi) is 5.44. The van der Waals surface area contributed by atoms with Gasteiger partial charge in [-0.1, -0.05) is 6.92 Å². The molecule has 0 saturated heterocycles. The number of hydrogen-bond donors (Lipinski definition) is 1. The number of nitriles is 1. The van der Waals surface area contributed by atoms with E-state index in [1.807, 2.05) is 26.1 Å². The summed E-state index contributed by atoms with van der Waals surface area (Å²) in [4.78, 5) is 4.31. The van der Waals surface area contributed by atoms with Crippen molar-refractivity contribution in [3.8, 4) is 6.07 Å². The van der Waals surface area contributed by atoms with E-state index >= 15 is 0 Å². The fourth-order valence-corrected chi connectivity index (χ4v) is 3.10. The summed E-state index contributed by atoms with van der Waals surface area (Å²) >= 11 is 5.15. The van der Waals surface area contributed by atoms with E-state index in [2.05, 4.69) is 39.2 Å². The second-order valence-corrected chi connectivity index (χ2v) is 6.40. The third-order valence-electron chi connectivity index (χ3n) is 2.53. The Morgan fingerprint density at radius 2 is 2.41 bits per heavy atom. The molecule has 0 aliphatic carbocycles. The summed E-state index contributed by atoms with van der Waals surface area (Å²) in [6, 6.07) is 6.17. The number of thioether (sulfide) groups is 1. The van der Waals surface area contributed by atoms with Crippen LogP contribution in [-0.2, 0) is 0 Å². The Balaban J connectivity index is 2.65. The maximum absolute atomic E-state index is 9.11. The van der Waals surface area contributed by atoms with Crippen LogP contribution >= 0.6 is 27.7 Å². The molecule has 0 amide bonds. The molecule has 92 valence electrons. The maximum atomic E-state index is 9.11. The van der Waals surface area contributed by atoms with E-state index in [4.69, 9.17) is 5.26 Å². The second kappa shape index (κ2) is 6.39. The predicted molar refractivity (Wildman–Crippen MR) is 75.0 cm³/mol. The summed E-state index contributed by atoms with van der Waals surface area (Å²) in [5.74, 6) is 0. The van der Waals surface area contributed by atoms with Gasteiger partial charge in [0.15, 0.2) is 0 Å². The Bertz CT molecular complexity index is 418. The van der Waals surface area contributed by atoms with Gasteiger partial charge >= 0.3 is 0 Å². The molecule has 5 heteroatoms. The van der Waals surface area contributed by atoms with Crippen LogP contribution < -0.4 is 5.32 Å². The molecule has 0 aliphatic rings. The van der Waals surface area contributed by atoms with Gasteiger partial charge in [-0.05, 0) is 48.5 Å². The lowest BCUT2D eigenvalue weighted by molar-refractivity contribution is 0.455. The molecule has 1 aromatic rings. The summed E-state index contributed by atoms with van der Waals surface area (Å²) in [7, 11) is 1.82. The third kappa shape index (κ3) is 4.30. The van der Waals surface area contributed by atoms with Gasteiger partial charge in [-0.3, -0.25) is 0 Å². The molecule has 2 atom stereocenters. The standard InChI is InChI=1S/C12H16BrN3S/c1-9(7-12(2,8-14)15-3)17-11-10(13)5-4-6-16-11/h4-6,9,15H,7H2,1-3H3. The number of pyridine rings is 1. The molecule has 1 N–H and O–H groups in total. The zero-order chi connectivity index (χ0) is 12.9. The Hall–Kier alpha value is -0.570. The number of hydrogen-bond acceptors (Lipinski definition) is 4. The molecule has 0 radical (unpaired) electrons. The van der Waals surface area contributed by atoms with E-state index in [0.717, 1.165) is 15.9 Å². The van der Waals surface area contributed by atoms with Crippen molar-refractivity contribution in [1.29, 1.82) is 5.26 Å². The van der Waals surface area contributed by atoms with Crippen LogP contribution in [0.1, 0.15) is 20.3 Å². The molecule has 0 aliphatic heterocycles. The first-order valence-electron chi connectivity index (χ1n) is 5.38. The minimum Gasteiger partial charge on any atom is -0.303 e. The van der Waals surface area contributed by atoms with E-state index in [9.17, 15) is 0 Å². The average molecular weight is 314 g/mol. The van der Waals surface area contributed by atoms with Crippen LogP contribution in [0.3, 0.4) is 0 Å². The van der Waals surface area contributed by atoms with Crippen LogP contribution in [0.2, 0.25) is 0 Å². The van der Waals surface area contributed by atoms with Gasteiger partial charge in [0.1, 0.15) is 10.6 Å². The molecule has 1 rings (SSSR count). The smallest absolute Gasteiger partial charge is 0.110 e. The van der Waals surface area contributed by atoms with Crippen molar-refractivity contribution < 1.29 is 0 Å². The monoisotopic (exact) mass is 313 g/mol. The topological polar surface area (TPSA) is 48.7 Å². The first-order chi connectivity index (χ1) is 8.00. The highest BCUT2D eigenvalue weighted by atomic mass is 79.9. The molecule has 2 unspecified atom stereocenters. The Morgan fingerprint density at radius 1 is 1.71 bits per heavy atom. The molecular weight excluding hydrogens is 298 g/mol. The van der Waals surface area contributed by atoms with E-state index < -0.39 is 5.54 Å². The van der Waals surface area contributed by atoms with Crippen LogP contribution in [0.25, 0.3) is 0 Å². The number of nitrogens with zero attached hydrogens (tertiary/aromatic N) is 2. The van der Waals surface area contributed by atoms with Crippen molar-refractivity contribution in [3.05, 3.63) is 22.8 Å². The lowest BCUT2D eigenvalue weighted by Gasteiger charge is -2.24. The van der Waals surface area contributed by atoms with E-state index in [-0.39, 0.29) is 0 Å². The molecule has 17 heavy (non-hydrogen) atoms. The normalized spacial score (nSPS) is 15.9. The quantitative estimate of drug-likeness (QED) is 0.848. The minimum absolute atomic E-state index is 0.318. The van der Waals surface area contributed by atoms with Crippen LogP contribution in [0.4, 0.5) is 0 Å². The lowest BCUT2D eigenvalue weighted by atomic mass is 9.98. The third-order valence-corrected chi connectivity index (χ3v) is 4.55. The zero-order valence-electron chi connectivity index (χ0n) is 10.2. The van der Waals surface area contributed by atoms with Crippen molar-refractivity contribution in [2.45, 2.75) is 36.1 Å². The Morgan fingerprint density at radius 3 is 2.94 bits per heavy atom. The van der Waals surface area contributed by atoms with Crippen molar-refractivity contribution in [2.75, 3.05) is 7.05 Å². The largest absolute Gasteiger partial charge is 0.303 e. The van der Waals surface area contributed by atoms with Gasteiger partial charge in [0, 0.05) is 15.9 Å². The van der Waals surface area contributed by atoms with Crippen molar-refractivity contribution in [1.82, 2.24) is 10.3 Å². The van der Waals surface area contributed by atoms with Gasteiger partial charge in [0.25, 0.3) is 0 Å². The molecule has 0 fully saturated rings. The van der Waals surface area contributed by atoms with Crippen molar-refractivity contribution >= 4 is 27.7 Å². The molecule has 1 aromatic heterocycles. The molecule has 0 saturated carbocycles. The van der Waals surface area contributed by atoms with Gasteiger partial charge < -0.3 is 5.32 Å². The summed E-state index contributed by atoms with van der Waals surface area (Å²) in [5.41, 5.74) is -0.478. The fourth-order valence-electron chi connectivity index (χ4n) is 1.47. The number of rotatable bonds is 5. The number of halogens is 1. The average Bonchev–Trinajstić information content (AvgIpc) is 2.32. The summed E-state index contributed by atoms with van der Waals surface area (Å²) in [6.45, 7) is 4.02. The van der Waals surface area contributed by atoms with Crippen LogP contribution in [-0.4, -0.2) is 22.8 Å². The van der Waals surface area contributed by atoms with Crippen molar-refractivity contribution in [3.63, 3.8) is 0 Å². The van der Waals surface area contributed by atoms with Crippen molar-refractivity contribution in [2.24, 2.45) is 0 Å². The molecule has 1 heterocycles. The zero-order valence-corrected chi connectivity index (χ0v) is 12.6. The predicted octanol–water partition coefficient (Wildman–Crippen LogP) is 3.22. The first kappa shape index (κ1) is 14.5.